The summed E-state index contributed by atoms with van der Waals surface area (Å²) in [5, 5.41) is 14.0. The number of hydrogen-bond donors (Lipinski definition) is 2. The van der Waals surface area contributed by atoms with Crippen molar-refractivity contribution in [2.24, 2.45) is 0 Å². The Balaban J connectivity index is 2.11. The van der Waals surface area contributed by atoms with Crippen molar-refractivity contribution in [1.82, 2.24) is 4.72 Å². The summed E-state index contributed by atoms with van der Waals surface area (Å²) < 4.78 is 32.0. The van der Waals surface area contributed by atoms with Crippen LogP contribution in [0.2, 0.25) is 5.02 Å². The number of benzene rings is 2. The first-order valence-electron chi connectivity index (χ1n) is 8.14. The first-order chi connectivity index (χ1) is 13.5. The van der Waals surface area contributed by atoms with Crippen LogP contribution in [0.4, 0.5) is 17.1 Å². The van der Waals surface area contributed by atoms with Gasteiger partial charge in [0.25, 0.3) is 5.69 Å². The number of anilines is 2. The third kappa shape index (κ3) is 5.56. The Hall–Kier alpha value is -2.89. The van der Waals surface area contributed by atoms with Gasteiger partial charge in [-0.2, -0.15) is 0 Å². The van der Waals surface area contributed by atoms with Gasteiger partial charge >= 0.3 is 0 Å². The van der Waals surface area contributed by atoms with Crippen molar-refractivity contribution in [2.75, 3.05) is 38.0 Å². The Morgan fingerprint density at radius 3 is 2.48 bits per heavy atom. The Morgan fingerprint density at radius 2 is 1.93 bits per heavy atom. The van der Waals surface area contributed by atoms with Crippen LogP contribution in [0.1, 0.15) is 0 Å². The number of carbonyl (C=O) groups is 1. The zero-order chi connectivity index (χ0) is 21.8. The zero-order valence-corrected chi connectivity index (χ0v) is 17.4. The molecule has 2 aromatic carbocycles. The molecule has 0 radical (unpaired) electrons. The molecule has 0 bridgehead atoms. The van der Waals surface area contributed by atoms with Crippen molar-refractivity contribution >= 4 is 44.6 Å². The molecule has 2 rings (SSSR count). The number of hydrogen-bond acceptors (Lipinski definition) is 7. The van der Waals surface area contributed by atoms with Gasteiger partial charge in [0.15, 0.2) is 0 Å². The molecule has 29 heavy (non-hydrogen) atoms. The maximum atomic E-state index is 12.4. The quantitative estimate of drug-likeness (QED) is 0.473. The van der Waals surface area contributed by atoms with Crippen LogP contribution in [0.25, 0.3) is 0 Å². The van der Waals surface area contributed by atoms with Gasteiger partial charge in [0.1, 0.15) is 11.4 Å². The molecule has 0 heterocycles. The molecular formula is C17H19ClN4O6S. The van der Waals surface area contributed by atoms with E-state index in [4.69, 9.17) is 16.3 Å². The first kappa shape index (κ1) is 22.4. The van der Waals surface area contributed by atoms with E-state index in [1.54, 1.807) is 26.2 Å². The summed E-state index contributed by atoms with van der Waals surface area (Å²) in [4.78, 5) is 23.8. The van der Waals surface area contributed by atoms with Crippen LogP contribution in [0.5, 0.6) is 5.75 Å². The molecule has 156 valence electrons. The lowest BCUT2D eigenvalue weighted by Gasteiger charge is -2.14. The molecule has 2 aromatic rings. The molecule has 0 spiro atoms. The predicted octanol–water partition coefficient (Wildman–Crippen LogP) is 2.24. The van der Waals surface area contributed by atoms with E-state index in [2.05, 4.69) is 10.0 Å². The number of halogens is 1. The summed E-state index contributed by atoms with van der Waals surface area (Å²) in [5.41, 5.74) is 0.240. The molecule has 2 N–H and O–H groups in total. The lowest BCUT2D eigenvalue weighted by molar-refractivity contribution is -0.384. The first-order valence-corrected chi connectivity index (χ1v) is 10.00. The molecule has 1 amide bonds. The van der Waals surface area contributed by atoms with Gasteiger partial charge in [-0.25, -0.2) is 13.1 Å². The standard InChI is InChI=1S/C17H19ClN4O6S/c1-21(2)14-6-5-12(9-15(14)22(24)25)29(26,27)19-10-17(23)20-11-4-7-16(28-3)13(18)8-11/h4-9,19H,10H2,1-3H3,(H,20,23). The number of carbonyl (C=O) groups excluding carboxylic acids is 1. The van der Waals surface area contributed by atoms with Gasteiger partial charge in [-0.1, -0.05) is 11.6 Å². The molecule has 0 atom stereocenters. The van der Waals surface area contributed by atoms with Crippen LogP contribution >= 0.6 is 11.6 Å². The van der Waals surface area contributed by atoms with E-state index >= 15 is 0 Å². The molecule has 0 saturated heterocycles. The molecule has 0 saturated carbocycles. The van der Waals surface area contributed by atoms with Crippen molar-refractivity contribution in [1.29, 1.82) is 0 Å². The van der Waals surface area contributed by atoms with E-state index < -0.39 is 27.4 Å². The summed E-state index contributed by atoms with van der Waals surface area (Å²) in [6.07, 6.45) is 0. The Bertz CT molecular complexity index is 1040. The van der Waals surface area contributed by atoms with Crippen molar-refractivity contribution in [3.8, 4) is 5.75 Å². The average molecular weight is 443 g/mol. The highest BCUT2D eigenvalue weighted by atomic mass is 35.5. The summed E-state index contributed by atoms with van der Waals surface area (Å²) in [6, 6.07) is 8.04. The number of nitro groups is 1. The second kappa shape index (κ2) is 9.07. The molecule has 0 fully saturated rings. The van der Waals surface area contributed by atoms with Crippen molar-refractivity contribution < 1.29 is 22.9 Å². The summed E-state index contributed by atoms with van der Waals surface area (Å²) in [7, 11) is 0.507. The minimum Gasteiger partial charge on any atom is -0.495 e. The van der Waals surface area contributed by atoms with Gasteiger partial charge in [0.2, 0.25) is 15.9 Å². The highest BCUT2D eigenvalue weighted by molar-refractivity contribution is 7.89. The highest BCUT2D eigenvalue weighted by Gasteiger charge is 2.23. The van der Waals surface area contributed by atoms with E-state index in [-0.39, 0.29) is 21.3 Å². The Kier molecular flexibility index (Phi) is 7.01. The summed E-state index contributed by atoms with van der Waals surface area (Å²) in [6.45, 7) is -0.574. The monoisotopic (exact) mass is 442 g/mol. The second-order valence-corrected chi connectivity index (χ2v) is 8.20. The van der Waals surface area contributed by atoms with Crippen molar-refractivity contribution in [2.45, 2.75) is 4.90 Å². The zero-order valence-electron chi connectivity index (χ0n) is 15.8. The normalized spacial score (nSPS) is 11.0. The van der Waals surface area contributed by atoms with Crippen LogP contribution in [-0.4, -0.2) is 47.0 Å². The maximum Gasteiger partial charge on any atom is 0.293 e. The number of nitro benzene ring substituents is 1. The van der Waals surface area contributed by atoms with Crippen LogP contribution < -0.4 is 19.7 Å². The number of amides is 1. The third-order valence-electron chi connectivity index (χ3n) is 3.79. The molecule has 0 aromatic heterocycles. The molecular weight excluding hydrogens is 424 g/mol. The Labute approximate surface area is 172 Å². The smallest absolute Gasteiger partial charge is 0.293 e. The third-order valence-corrected chi connectivity index (χ3v) is 5.49. The van der Waals surface area contributed by atoms with Crippen LogP contribution in [0.3, 0.4) is 0 Å². The maximum absolute atomic E-state index is 12.4. The minimum absolute atomic E-state index is 0.253. The summed E-state index contributed by atoms with van der Waals surface area (Å²) >= 11 is 5.97. The Morgan fingerprint density at radius 1 is 1.24 bits per heavy atom. The average Bonchev–Trinajstić information content (AvgIpc) is 2.66. The molecule has 12 heteroatoms. The van der Waals surface area contributed by atoms with Gasteiger partial charge in [0, 0.05) is 25.8 Å². The fourth-order valence-electron chi connectivity index (χ4n) is 2.39. The number of nitrogens with zero attached hydrogens (tertiary/aromatic N) is 2. The minimum atomic E-state index is -4.14. The number of nitrogens with one attached hydrogen (secondary N) is 2. The fourth-order valence-corrected chi connectivity index (χ4v) is 3.65. The second-order valence-electron chi connectivity index (χ2n) is 6.02. The highest BCUT2D eigenvalue weighted by Crippen LogP contribution is 2.29. The van der Waals surface area contributed by atoms with E-state index in [9.17, 15) is 23.3 Å². The summed E-state index contributed by atoms with van der Waals surface area (Å²) in [5.74, 6) is -0.220. The number of ether oxygens (including phenoxy) is 1. The lowest BCUT2D eigenvalue weighted by atomic mass is 10.2. The van der Waals surface area contributed by atoms with E-state index in [0.717, 1.165) is 6.07 Å². The number of methoxy groups -OCH3 is 1. The van der Waals surface area contributed by atoms with E-state index in [1.165, 1.54) is 30.2 Å². The predicted molar refractivity (Wildman–Crippen MR) is 109 cm³/mol. The van der Waals surface area contributed by atoms with Gasteiger partial charge in [0.05, 0.1) is 28.5 Å². The fraction of sp³-hybridized carbons (Fsp3) is 0.235. The van der Waals surface area contributed by atoms with Gasteiger partial charge < -0.3 is 15.0 Å². The van der Waals surface area contributed by atoms with Crippen LogP contribution in [0.15, 0.2) is 41.3 Å². The molecule has 0 aliphatic carbocycles. The largest absolute Gasteiger partial charge is 0.495 e. The van der Waals surface area contributed by atoms with Gasteiger partial charge in [-0.15, -0.1) is 0 Å². The van der Waals surface area contributed by atoms with E-state index in [0.29, 0.717) is 11.4 Å². The SMILES string of the molecule is COc1ccc(NC(=O)CNS(=O)(=O)c2ccc(N(C)C)c([N+](=O)[O-])c2)cc1Cl. The van der Waals surface area contributed by atoms with Crippen LogP contribution in [0, 0.1) is 10.1 Å². The van der Waals surface area contributed by atoms with Crippen LogP contribution in [-0.2, 0) is 14.8 Å². The van der Waals surface area contributed by atoms with Gasteiger partial charge in [-0.05, 0) is 30.3 Å². The molecule has 0 unspecified atom stereocenters. The molecule has 10 nitrogen and oxygen atoms in total. The van der Waals surface area contributed by atoms with Gasteiger partial charge in [-0.3, -0.25) is 14.9 Å². The molecule has 0 aliphatic rings. The lowest BCUT2D eigenvalue weighted by Crippen LogP contribution is -2.33. The van der Waals surface area contributed by atoms with Crippen molar-refractivity contribution in [3.63, 3.8) is 0 Å². The molecule has 0 aliphatic heterocycles. The number of sulfonamides is 1. The topological polar surface area (TPSA) is 131 Å². The van der Waals surface area contributed by atoms with E-state index in [1.807, 2.05) is 0 Å². The number of rotatable bonds is 8. The van der Waals surface area contributed by atoms with Crippen molar-refractivity contribution in [3.05, 3.63) is 51.5 Å².